The highest BCUT2D eigenvalue weighted by Crippen LogP contribution is 2.30. The summed E-state index contributed by atoms with van der Waals surface area (Å²) in [6.07, 6.45) is 2.19. The maximum Gasteiger partial charge on any atom is 0.407 e. The van der Waals surface area contributed by atoms with Crippen molar-refractivity contribution in [1.29, 1.82) is 0 Å². The van der Waals surface area contributed by atoms with Gasteiger partial charge in [-0.1, -0.05) is 13.8 Å². The van der Waals surface area contributed by atoms with Crippen LogP contribution in [0, 0.1) is 11.8 Å². The van der Waals surface area contributed by atoms with E-state index in [1.165, 1.54) is 7.11 Å². The number of hydrogen-bond acceptors (Lipinski definition) is 3. The third kappa shape index (κ3) is 4.19. The zero-order valence-corrected chi connectivity index (χ0v) is 11.5. The molecule has 0 radical (unpaired) electrons. The quantitative estimate of drug-likeness (QED) is 0.828. The highest BCUT2D eigenvalue weighted by atomic mass is 16.5. The van der Waals surface area contributed by atoms with Crippen LogP contribution in [0.15, 0.2) is 0 Å². The summed E-state index contributed by atoms with van der Waals surface area (Å²) in [6.45, 7) is 8.45. The maximum absolute atomic E-state index is 11.4. The molecule has 0 bridgehead atoms. The van der Waals surface area contributed by atoms with Crippen molar-refractivity contribution in [2.75, 3.05) is 7.11 Å². The second-order valence-electron chi connectivity index (χ2n) is 5.39. The van der Waals surface area contributed by atoms with Crippen molar-refractivity contribution >= 4 is 6.09 Å². The first-order valence-corrected chi connectivity index (χ1v) is 6.44. The van der Waals surface area contributed by atoms with Crippen LogP contribution in [-0.4, -0.2) is 31.5 Å². The normalized spacial score (nSPS) is 31.1. The Hall–Kier alpha value is -0.770. The summed E-state index contributed by atoms with van der Waals surface area (Å²) in [5.41, 5.74) is 0. The topological polar surface area (TPSA) is 47.6 Å². The van der Waals surface area contributed by atoms with E-state index >= 15 is 0 Å². The lowest BCUT2D eigenvalue weighted by atomic mass is 9.81. The van der Waals surface area contributed by atoms with Gasteiger partial charge in [0.15, 0.2) is 0 Å². The Labute approximate surface area is 104 Å². The number of rotatable bonds is 3. The van der Waals surface area contributed by atoms with E-state index in [0.29, 0.717) is 11.8 Å². The summed E-state index contributed by atoms with van der Waals surface area (Å²) in [6, 6.07) is 0.163. The van der Waals surface area contributed by atoms with Gasteiger partial charge in [-0.25, -0.2) is 4.79 Å². The molecule has 17 heavy (non-hydrogen) atoms. The highest BCUT2D eigenvalue weighted by Gasteiger charge is 2.33. The van der Waals surface area contributed by atoms with Crippen LogP contribution in [0.5, 0.6) is 0 Å². The van der Waals surface area contributed by atoms with Gasteiger partial charge in [-0.05, 0) is 38.5 Å². The second kappa shape index (κ2) is 6.24. The number of carbonyl (C=O) groups is 1. The first kappa shape index (κ1) is 14.3. The van der Waals surface area contributed by atoms with E-state index in [9.17, 15) is 4.79 Å². The number of amides is 1. The zero-order chi connectivity index (χ0) is 13.0. The Morgan fingerprint density at radius 1 is 1.29 bits per heavy atom. The van der Waals surface area contributed by atoms with Crippen molar-refractivity contribution in [3.8, 4) is 0 Å². The zero-order valence-electron chi connectivity index (χ0n) is 11.5. The molecular formula is C13H25NO3. The molecule has 4 heteroatoms. The molecule has 1 N–H and O–H groups in total. The molecule has 100 valence electrons. The van der Waals surface area contributed by atoms with Crippen LogP contribution in [-0.2, 0) is 9.47 Å². The fourth-order valence-electron chi connectivity index (χ4n) is 2.77. The van der Waals surface area contributed by atoms with Gasteiger partial charge in [0, 0.05) is 6.04 Å². The molecule has 4 nitrogen and oxygen atoms in total. The molecule has 1 heterocycles. The number of methoxy groups -OCH3 is 1. The van der Waals surface area contributed by atoms with Crippen LogP contribution in [0.3, 0.4) is 0 Å². The van der Waals surface area contributed by atoms with Crippen molar-refractivity contribution in [2.24, 2.45) is 11.8 Å². The van der Waals surface area contributed by atoms with E-state index in [0.717, 1.165) is 12.8 Å². The van der Waals surface area contributed by atoms with Gasteiger partial charge in [0.25, 0.3) is 0 Å². The van der Waals surface area contributed by atoms with Gasteiger partial charge in [-0.3, -0.25) is 0 Å². The van der Waals surface area contributed by atoms with Crippen LogP contribution >= 0.6 is 0 Å². The molecule has 1 rings (SSSR count). The average Bonchev–Trinajstić information content (AvgIpc) is 2.23. The summed E-state index contributed by atoms with van der Waals surface area (Å²) < 4.78 is 10.4. The predicted molar refractivity (Wildman–Crippen MR) is 66.9 cm³/mol. The molecule has 1 aliphatic rings. The Morgan fingerprint density at radius 2 is 1.82 bits per heavy atom. The molecule has 0 aliphatic carbocycles. The van der Waals surface area contributed by atoms with Gasteiger partial charge in [0.1, 0.15) is 0 Å². The number of ether oxygens (including phenoxy) is 2. The van der Waals surface area contributed by atoms with Gasteiger partial charge in [-0.2, -0.15) is 0 Å². The molecule has 1 aliphatic heterocycles. The molecule has 0 aromatic heterocycles. The fraction of sp³-hybridized carbons (Fsp3) is 0.923. The van der Waals surface area contributed by atoms with Gasteiger partial charge in [0.05, 0.1) is 19.3 Å². The average molecular weight is 243 g/mol. The van der Waals surface area contributed by atoms with Crippen molar-refractivity contribution in [3.63, 3.8) is 0 Å². The smallest absolute Gasteiger partial charge is 0.407 e. The minimum absolute atomic E-state index is 0.163. The molecule has 3 atom stereocenters. The van der Waals surface area contributed by atoms with Crippen molar-refractivity contribution in [3.05, 3.63) is 0 Å². The third-order valence-corrected chi connectivity index (χ3v) is 3.43. The number of alkyl carbamates (subject to hydrolysis) is 1. The largest absolute Gasteiger partial charge is 0.453 e. The summed E-state index contributed by atoms with van der Waals surface area (Å²) >= 11 is 0. The van der Waals surface area contributed by atoms with E-state index in [2.05, 4.69) is 33.0 Å². The van der Waals surface area contributed by atoms with Crippen molar-refractivity contribution in [2.45, 2.75) is 58.8 Å². The van der Waals surface area contributed by atoms with E-state index in [-0.39, 0.29) is 24.3 Å². The molecule has 0 spiro atoms. The van der Waals surface area contributed by atoms with Gasteiger partial charge < -0.3 is 14.8 Å². The predicted octanol–water partition coefficient (Wildman–Crippen LogP) is 2.57. The van der Waals surface area contributed by atoms with Crippen molar-refractivity contribution < 1.29 is 14.3 Å². The number of hydrogen-bond donors (Lipinski definition) is 1. The summed E-state index contributed by atoms with van der Waals surface area (Å²) in [5.74, 6) is 0.865. The standard InChI is InChI=1S/C13H25NO3/c1-8(2)12(14-13(15)16-5)11-6-9(3)17-10(4)7-11/h8-12H,6-7H2,1-5H3,(H,14,15). The van der Waals surface area contributed by atoms with Crippen LogP contribution < -0.4 is 5.32 Å². The lowest BCUT2D eigenvalue weighted by Gasteiger charge is -2.38. The first-order valence-electron chi connectivity index (χ1n) is 6.44. The minimum atomic E-state index is -0.338. The number of carbonyl (C=O) groups excluding carboxylic acids is 1. The van der Waals surface area contributed by atoms with E-state index in [1.807, 2.05) is 0 Å². The van der Waals surface area contributed by atoms with Crippen LogP contribution in [0.1, 0.15) is 40.5 Å². The molecule has 3 unspecified atom stereocenters. The monoisotopic (exact) mass is 243 g/mol. The highest BCUT2D eigenvalue weighted by molar-refractivity contribution is 5.67. The minimum Gasteiger partial charge on any atom is -0.453 e. The molecule has 0 saturated carbocycles. The molecule has 0 aromatic rings. The van der Waals surface area contributed by atoms with Crippen LogP contribution in [0.4, 0.5) is 4.79 Å². The Bertz CT molecular complexity index is 245. The van der Waals surface area contributed by atoms with Crippen LogP contribution in [0.25, 0.3) is 0 Å². The SMILES string of the molecule is COC(=O)NC(C(C)C)C1CC(C)OC(C)C1. The Morgan fingerprint density at radius 3 is 2.24 bits per heavy atom. The van der Waals surface area contributed by atoms with Crippen molar-refractivity contribution in [1.82, 2.24) is 5.32 Å². The van der Waals surface area contributed by atoms with Gasteiger partial charge >= 0.3 is 6.09 Å². The summed E-state index contributed by atoms with van der Waals surface area (Å²) in [7, 11) is 1.40. The van der Waals surface area contributed by atoms with Crippen LogP contribution in [0.2, 0.25) is 0 Å². The van der Waals surface area contributed by atoms with Gasteiger partial charge in [0.2, 0.25) is 0 Å². The lowest BCUT2D eigenvalue weighted by Crippen LogP contribution is -2.47. The summed E-state index contributed by atoms with van der Waals surface area (Å²) in [4.78, 5) is 11.4. The molecule has 1 saturated heterocycles. The third-order valence-electron chi connectivity index (χ3n) is 3.43. The van der Waals surface area contributed by atoms with E-state index in [1.54, 1.807) is 0 Å². The second-order valence-corrected chi connectivity index (χ2v) is 5.39. The fourth-order valence-corrected chi connectivity index (χ4v) is 2.77. The van der Waals surface area contributed by atoms with Gasteiger partial charge in [-0.15, -0.1) is 0 Å². The Kier molecular flexibility index (Phi) is 5.25. The molecule has 1 fully saturated rings. The number of nitrogens with one attached hydrogen (secondary N) is 1. The maximum atomic E-state index is 11.4. The molecule has 1 amide bonds. The Balaban J connectivity index is 2.65. The van der Waals surface area contributed by atoms with E-state index in [4.69, 9.17) is 9.47 Å². The molecule has 0 aromatic carbocycles. The summed E-state index contributed by atoms with van der Waals surface area (Å²) in [5, 5.41) is 2.96. The first-order chi connectivity index (χ1) is 7.93. The molecular weight excluding hydrogens is 218 g/mol. The van der Waals surface area contributed by atoms with E-state index < -0.39 is 0 Å². The lowest BCUT2D eigenvalue weighted by molar-refractivity contribution is -0.0615.